The summed E-state index contributed by atoms with van der Waals surface area (Å²) in [5, 5.41) is 0. The van der Waals surface area contributed by atoms with E-state index >= 15 is 0 Å². The van der Waals surface area contributed by atoms with Crippen molar-refractivity contribution in [1.82, 2.24) is 0 Å². The second-order valence-electron chi connectivity index (χ2n) is 8.51. The number of nitrogens with zero attached hydrogens (tertiary/aromatic N) is 1. The van der Waals surface area contributed by atoms with Gasteiger partial charge in [0.2, 0.25) is 0 Å². The van der Waals surface area contributed by atoms with E-state index in [-0.39, 0.29) is 11.7 Å². The fraction of sp³-hybridized carbons (Fsp3) is 0.303. The smallest absolute Gasteiger partial charge is 0.330 e. The van der Waals surface area contributed by atoms with Crippen LogP contribution in [0.3, 0.4) is 0 Å². The zero-order valence-electron chi connectivity index (χ0n) is 22.6. The number of aliphatic imine (C=N–C) groups is 1. The maximum Gasteiger partial charge on any atom is 0.330 e. The van der Waals surface area contributed by atoms with Gasteiger partial charge in [-0.2, -0.15) is 0 Å². The number of rotatable bonds is 16. The van der Waals surface area contributed by atoms with Crippen LogP contribution in [-0.4, -0.2) is 38.0 Å². The van der Waals surface area contributed by atoms with Crippen LogP contribution in [-0.2, 0) is 19.1 Å². The van der Waals surface area contributed by atoms with E-state index in [4.69, 9.17) is 14.2 Å². The van der Waals surface area contributed by atoms with Crippen LogP contribution in [0, 0.1) is 29.5 Å². The third kappa shape index (κ3) is 13.8. The Labute approximate surface area is 235 Å². The molecule has 0 amide bonds. The summed E-state index contributed by atoms with van der Waals surface area (Å²) < 4.78 is 29.6. The van der Waals surface area contributed by atoms with Crippen molar-refractivity contribution in [3.63, 3.8) is 0 Å². The lowest BCUT2D eigenvalue weighted by atomic mass is 10.2. The fourth-order valence-electron chi connectivity index (χ4n) is 3.24. The highest BCUT2D eigenvalue weighted by Crippen LogP contribution is 2.18. The molecule has 2 aromatic carbocycles. The first-order valence-corrected chi connectivity index (χ1v) is 13.2. The standard InChI is InChI=1S/C33H34FNO5/c1-3-32(36)39-24-11-6-5-10-22-35-29-19-16-27(17-20-29)14-8-9-15-28-18-21-31(30(34)26-28)38-23-12-7-13-25-40-33(37)4-2/h3-4,16-22,26H,1-2,5-7,10-13,23-25H2. The lowest BCUT2D eigenvalue weighted by Gasteiger charge is -2.07. The Balaban J connectivity index is 1.69. The van der Waals surface area contributed by atoms with Gasteiger partial charge in [0.1, 0.15) is 0 Å². The van der Waals surface area contributed by atoms with E-state index in [2.05, 4.69) is 41.8 Å². The van der Waals surface area contributed by atoms with Crippen LogP contribution in [0.2, 0.25) is 0 Å². The number of hydrogen-bond donors (Lipinski definition) is 0. The number of unbranched alkanes of at least 4 members (excludes halogenated alkanes) is 5. The predicted molar refractivity (Wildman–Crippen MR) is 155 cm³/mol. The van der Waals surface area contributed by atoms with Gasteiger partial charge in [0.15, 0.2) is 11.6 Å². The molecule has 2 aromatic rings. The monoisotopic (exact) mass is 543 g/mol. The molecule has 0 N–H and O–H groups in total. The molecule has 7 heteroatoms. The number of ether oxygens (including phenoxy) is 3. The van der Waals surface area contributed by atoms with Crippen molar-refractivity contribution in [2.75, 3.05) is 19.8 Å². The van der Waals surface area contributed by atoms with Gasteiger partial charge in [0.05, 0.1) is 25.5 Å². The highest BCUT2D eigenvalue weighted by Gasteiger charge is 2.04. The van der Waals surface area contributed by atoms with Gasteiger partial charge in [-0.25, -0.2) is 14.0 Å². The van der Waals surface area contributed by atoms with Gasteiger partial charge in [0, 0.05) is 29.5 Å². The number of esters is 2. The van der Waals surface area contributed by atoms with E-state index in [0.717, 1.165) is 55.5 Å². The molecule has 0 saturated carbocycles. The summed E-state index contributed by atoms with van der Waals surface area (Å²) in [5.41, 5.74) is 2.14. The van der Waals surface area contributed by atoms with Crippen molar-refractivity contribution in [1.29, 1.82) is 0 Å². The molecule has 0 aromatic heterocycles. The molecule has 0 heterocycles. The SMILES string of the molecule is C=CC(=O)OCCCCCC=Nc1ccc(C#CC#Cc2ccc(OCCCCCOC(=O)C=C)c(F)c2)cc1. The number of hydrogen-bond acceptors (Lipinski definition) is 6. The molecule has 0 atom stereocenters. The molecule has 0 saturated heterocycles. The van der Waals surface area contributed by atoms with Crippen LogP contribution in [0.5, 0.6) is 5.75 Å². The van der Waals surface area contributed by atoms with Gasteiger partial charge < -0.3 is 14.2 Å². The largest absolute Gasteiger partial charge is 0.491 e. The summed E-state index contributed by atoms with van der Waals surface area (Å²) in [4.78, 5) is 26.3. The molecule has 40 heavy (non-hydrogen) atoms. The molecule has 0 spiro atoms. The molecule has 0 unspecified atom stereocenters. The fourth-order valence-corrected chi connectivity index (χ4v) is 3.24. The van der Waals surface area contributed by atoms with Crippen molar-refractivity contribution < 1.29 is 28.2 Å². The lowest BCUT2D eigenvalue weighted by Crippen LogP contribution is -2.03. The van der Waals surface area contributed by atoms with Crippen LogP contribution in [0.15, 0.2) is 72.8 Å². The second-order valence-corrected chi connectivity index (χ2v) is 8.51. The van der Waals surface area contributed by atoms with E-state index in [9.17, 15) is 14.0 Å². The van der Waals surface area contributed by atoms with Crippen molar-refractivity contribution in [2.45, 2.75) is 44.9 Å². The average molecular weight is 544 g/mol. The highest BCUT2D eigenvalue weighted by atomic mass is 19.1. The number of carbonyl (C=O) groups is 2. The van der Waals surface area contributed by atoms with Gasteiger partial charge in [-0.05, 0) is 99.3 Å². The Bertz CT molecular complexity index is 1280. The second kappa shape index (κ2) is 19.4. The first kappa shape index (κ1) is 31.6. The molecule has 6 nitrogen and oxygen atoms in total. The molecule has 0 aliphatic heterocycles. The normalized spacial score (nSPS) is 10.0. The van der Waals surface area contributed by atoms with Gasteiger partial charge in [-0.15, -0.1) is 0 Å². The van der Waals surface area contributed by atoms with Crippen molar-refractivity contribution in [3.8, 4) is 29.4 Å². The van der Waals surface area contributed by atoms with E-state index in [0.29, 0.717) is 38.2 Å². The molecule has 208 valence electrons. The number of benzene rings is 2. The summed E-state index contributed by atoms with van der Waals surface area (Å²) in [6.07, 6.45) is 9.98. The third-order valence-electron chi connectivity index (χ3n) is 5.36. The predicted octanol–water partition coefficient (Wildman–Crippen LogP) is 6.50. The minimum Gasteiger partial charge on any atom is -0.491 e. The Hall–Kier alpha value is -4.62. The summed E-state index contributed by atoms with van der Waals surface area (Å²) >= 11 is 0. The quantitative estimate of drug-likeness (QED) is 0.0795. The van der Waals surface area contributed by atoms with E-state index in [1.807, 2.05) is 30.5 Å². The summed E-state index contributed by atoms with van der Waals surface area (Å²) in [6.45, 7) is 7.80. The molecule has 0 aliphatic rings. The van der Waals surface area contributed by atoms with Crippen LogP contribution in [0.25, 0.3) is 0 Å². The minimum atomic E-state index is -0.482. The van der Waals surface area contributed by atoms with E-state index in [1.54, 1.807) is 12.1 Å². The maximum absolute atomic E-state index is 14.3. The Morgan fingerprint density at radius 2 is 1.35 bits per heavy atom. The molecule has 0 aliphatic carbocycles. The first-order valence-electron chi connectivity index (χ1n) is 13.2. The zero-order chi connectivity index (χ0) is 28.8. The average Bonchev–Trinajstić information content (AvgIpc) is 2.97. The van der Waals surface area contributed by atoms with Crippen LogP contribution < -0.4 is 4.74 Å². The Morgan fingerprint density at radius 3 is 1.98 bits per heavy atom. The summed E-state index contributed by atoms with van der Waals surface area (Å²) in [6, 6.07) is 12.1. The summed E-state index contributed by atoms with van der Waals surface area (Å²) in [7, 11) is 0. The molecule has 0 fully saturated rings. The van der Waals surface area contributed by atoms with Gasteiger partial charge in [-0.3, -0.25) is 4.99 Å². The molecule has 0 radical (unpaired) electrons. The van der Waals surface area contributed by atoms with Gasteiger partial charge in [-0.1, -0.05) is 25.0 Å². The maximum atomic E-state index is 14.3. The van der Waals surface area contributed by atoms with Crippen LogP contribution >= 0.6 is 0 Å². The van der Waals surface area contributed by atoms with Crippen LogP contribution in [0.1, 0.15) is 56.1 Å². The molecular weight excluding hydrogens is 509 g/mol. The molecule has 2 rings (SSSR count). The first-order chi connectivity index (χ1) is 19.5. The number of carbonyl (C=O) groups excluding carboxylic acids is 2. The van der Waals surface area contributed by atoms with Gasteiger partial charge in [0.25, 0.3) is 0 Å². The third-order valence-corrected chi connectivity index (χ3v) is 5.36. The van der Waals surface area contributed by atoms with Crippen molar-refractivity contribution >= 4 is 23.8 Å². The topological polar surface area (TPSA) is 74.2 Å². The number of halogens is 1. The molecule has 0 bridgehead atoms. The van der Waals surface area contributed by atoms with Crippen molar-refractivity contribution in [3.05, 3.63) is 84.7 Å². The highest BCUT2D eigenvalue weighted by molar-refractivity contribution is 5.81. The van der Waals surface area contributed by atoms with Crippen LogP contribution in [0.4, 0.5) is 10.1 Å². The Kier molecular flexibility index (Phi) is 15.4. The van der Waals surface area contributed by atoms with Gasteiger partial charge >= 0.3 is 11.9 Å². The summed E-state index contributed by atoms with van der Waals surface area (Å²) in [5.74, 6) is 10.2. The van der Waals surface area contributed by atoms with Crippen molar-refractivity contribution in [2.24, 2.45) is 4.99 Å². The zero-order valence-corrected chi connectivity index (χ0v) is 22.6. The van der Waals surface area contributed by atoms with E-state index in [1.165, 1.54) is 6.07 Å². The Morgan fingerprint density at radius 1 is 0.775 bits per heavy atom. The lowest BCUT2D eigenvalue weighted by molar-refractivity contribution is -0.138. The van der Waals surface area contributed by atoms with E-state index < -0.39 is 11.8 Å². The minimum absolute atomic E-state index is 0.170. The molecular formula is C33H34FNO5.